The molecule has 152 valence electrons. The van der Waals surface area contributed by atoms with Crippen molar-refractivity contribution in [2.75, 3.05) is 0 Å². The van der Waals surface area contributed by atoms with Crippen LogP contribution >= 0.6 is 11.3 Å². The predicted octanol–water partition coefficient (Wildman–Crippen LogP) is 4.69. The van der Waals surface area contributed by atoms with Crippen molar-refractivity contribution in [2.24, 2.45) is 28.3 Å². The highest BCUT2D eigenvalue weighted by Gasteiger charge is 2.54. The van der Waals surface area contributed by atoms with Gasteiger partial charge in [-0.15, -0.1) is 23.0 Å². The van der Waals surface area contributed by atoms with Crippen molar-refractivity contribution in [2.45, 2.75) is 45.1 Å². The first kappa shape index (κ1) is 18.8. The zero-order valence-corrected chi connectivity index (χ0v) is 17.3. The van der Waals surface area contributed by atoms with Crippen molar-refractivity contribution in [3.63, 3.8) is 0 Å². The summed E-state index contributed by atoms with van der Waals surface area (Å²) in [6.45, 7) is 4.41. The summed E-state index contributed by atoms with van der Waals surface area (Å²) in [6.07, 6.45) is 8.83. The van der Waals surface area contributed by atoms with Gasteiger partial charge in [0.25, 0.3) is 0 Å². The fraction of sp³-hybridized carbons (Fsp3) is 0.478. The minimum atomic E-state index is -0.257. The van der Waals surface area contributed by atoms with Crippen molar-refractivity contribution in [3.05, 3.63) is 52.9 Å². The molecule has 0 atom stereocenters. The molecule has 1 amide bonds. The largest absolute Gasteiger partial charge is 0.311 e. The first-order valence-corrected chi connectivity index (χ1v) is 11.3. The molecule has 6 heteroatoms. The van der Waals surface area contributed by atoms with Gasteiger partial charge in [0.1, 0.15) is 5.82 Å². The van der Waals surface area contributed by atoms with E-state index in [-0.39, 0.29) is 17.1 Å². The molecule has 1 N–H and O–H groups in total. The molecule has 4 aliphatic rings. The maximum atomic E-state index is 13.3. The number of rotatable bonds is 5. The van der Waals surface area contributed by atoms with Crippen molar-refractivity contribution >= 4 is 17.2 Å². The Morgan fingerprint density at radius 2 is 1.83 bits per heavy atom. The number of halogens is 1. The number of allylic oxidation sites excluding steroid dienone is 1. The normalized spacial score (nSPS) is 30.5. The summed E-state index contributed by atoms with van der Waals surface area (Å²) < 4.78 is 15.3. The molecule has 0 radical (unpaired) electrons. The second kappa shape index (κ2) is 7.24. The maximum Gasteiger partial charge on any atom is 0.246 e. The minimum Gasteiger partial charge on any atom is -0.311 e. The molecule has 29 heavy (non-hydrogen) atoms. The number of nitrogens with zero attached hydrogens (tertiary/aromatic N) is 2. The Balaban J connectivity index is 1.41. The van der Waals surface area contributed by atoms with Gasteiger partial charge in [-0.25, -0.2) is 9.82 Å². The molecule has 2 aromatic rings. The number of thiazole rings is 1. The van der Waals surface area contributed by atoms with E-state index in [0.717, 1.165) is 53.1 Å². The van der Waals surface area contributed by atoms with Crippen LogP contribution < -0.4 is 10.2 Å². The van der Waals surface area contributed by atoms with E-state index in [9.17, 15) is 9.18 Å². The Kier molecular flexibility index (Phi) is 4.69. The second-order valence-electron chi connectivity index (χ2n) is 9.06. The summed E-state index contributed by atoms with van der Waals surface area (Å²) in [5.41, 5.74) is 4.56. The number of aromatic nitrogens is 1. The number of benzene rings is 1. The minimum absolute atomic E-state index is 0.0958. The highest BCUT2D eigenvalue weighted by molar-refractivity contribution is 7.07. The zero-order chi connectivity index (χ0) is 20.0. The SMILES string of the molecule is C=CCn1c(-c2ccc(F)cc2)csc1=NNC(=O)C12CC3CC(CC(C3)C1)C2. The quantitative estimate of drug-likeness (QED) is 0.563. The van der Waals surface area contributed by atoms with Crippen LogP contribution in [0.4, 0.5) is 4.39 Å². The third-order valence-electron chi connectivity index (χ3n) is 7.02. The van der Waals surface area contributed by atoms with Gasteiger partial charge in [0.15, 0.2) is 0 Å². The molecule has 4 saturated carbocycles. The van der Waals surface area contributed by atoms with Crippen LogP contribution in [-0.4, -0.2) is 10.5 Å². The molecule has 4 aliphatic carbocycles. The van der Waals surface area contributed by atoms with Gasteiger partial charge in [-0.2, -0.15) is 0 Å². The Hall–Kier alpha value is -2.21. The summed E-state index contributed by atoms with van der Waals surface area (Å²) in [7, 11) is 0. The molecule has 0 unspecified atom stereocenters. The van der Waals surface area contributed by atoms with E-state index in [0.29, 0.717) is 6.54 Å². The average molecular weight is 412 g/mol. The lowest BCUT2D eigenvalue weighted by Crippen LogP contribution is -2.53. The molecule has 0 aliphatic heterocycles. The number of nitrogens with one attached hydrogen (secondary N) is 1. The van der Waals surface area contributed by atoms with Gasteiger partial charge in [-0.3, -0.25) is 4.79 Å². The fourth-order valence-corrected chi connectivity index (χ4v) is 7.06. The molecule has 4 bridgehead atoms. The summed E-state index contributed by atoms with van der Waals surface area (Å²) in [5, 5.41) is 6.50. The van der Waals surface area contributed by atoms with Crippen molar-refractivity contribution in [3.8, 4) is 11.3 Å². The number of hydrogen-bond donors (Lipinski definition) is 1. The van der Waals surface area contributed by atoms with E-state index < -0.39 is 0 Å². The highest BCUT2D eigenvalue weighted by Crippen LogP contribution is 2.60. The number of carbonyl (C=O) groups excluding carboxylic acids is 1. The van der Waals surface area contributed by atoms with Gasteiger partial charge in [0.2, 0.25) is 10.7 Å². The molecule has 4 nitrogen and oxygen atoms in total. The fourth-order valence-electron chi connectivity index (χ4n) is 6.18. The first-order chi connectivity index (χ1) is 14.1. The molecule has 1 heterocycles. The molecule has 1 aromatic carbocycles. The van der Waals surface area contributed by atoms with Crippen LogP contribution in [0.15, 0.2) is 47.4 Å². The lowest BCUT2D eigenvalue weighted by molar-refractivity contribution is -0.146. The number of hydrogen-bond acceptors (Lipinski definition) is 3. The standard InChI is InChI=1S/C23H26FN3OS/c1-2-7-27-20(18-3-5-19(24)6-4-18)14-29-22(27)26-25-21(28)23-11-15-8-16(12-23)10-17(9-15)13-23/h2-6,14-17H,1,7-13H2,(H,25,28). The van der Waals surface area contributed by atoms with Crippen LogP contribution in [0, 0.1) is 29.0 Å². The van der Waals surface area contributed by atoms with Crippen LogP contribution in [-0.2, 0) is 11.3 Å². The Labute approximate surface area is 174 Å². The summed E-state index contributed by atoms with van der Waals surface area (Å²) in [6, 6.07) is 6.43. The number of amides is 1. The third-order valence-corrected chi connectivity index (χ3v) is 7.89. The van der Waals surface area contributed by atoms with E-state index in [4.69, 9.17) is 0 Å². The van der Waals surface area contributed by atoms with E-state index >= 15 is 0 Å². The molecular formula is C23H26FN3OS. The van der Waals surface area contributed by atoms with E-state index in [1.54, 1.807) is 18.2 Å². The average Bonchev–Trinajstić information content (AvgIpc) is 3.08. The van der Waals surface area contributed by atoms with E-state index in [2.05, 4.69) is 17.1 Å². The second-order valence-corrected chi connectivity index (χ2v) is 9.90. The van der Waals surface area contributed by atoms with Gasteiger partial charge in [0, 0.05) is 11.9 Å². The van der Waals surface area contributed by atoms with Gasteiger partial charge in [0.05, 0.1) is 11.1 Å². The smallest absolute Gasteiger partial charge is 0.246 e. The monoisotopic (exact) mass is 411 g/mol. The predicted molar refractivity (Wildman–Crippen MR) is 112 cm³/mol. The van der Waals surface area contributed by atoms with Gasteiger partial charge >= 0.3 is 0 Å². The van der Waals surface area contributed by atoms with Crippen LogP contribution in [0.1, 0.15) is 38.5 Å². The summed E-state index contributed by atoms with van der Waals surface area (Å²) in [5.74, 6) is 2.02. The molecule has 4 fully saturated rings. The van der Waals surface area contributed by atoms with E-state index in [1.165, 1.54) is 42.7 Å². The summed E-state index contributed by atoms with van der Waals surface area (Å²) in [4.78, 5) is 13.9. The molecule has 0 spiro atoms. The van der Waals surface area contributed by atoms with Crippen molar-refractivity contribution < 1.29 is 9.18 Å². The molecule has 6 rings (SSSR count). The molecule has 1 aromatic heterocycles. The van der Waals surface area contributed by atoms with Gasteiger partial charge in [-0.1, -0.05) is 6.08 Å². The van der Waals surface area contributed by atoms with E-state index in [1.807, 2.05) is 9.95 Å². The maximum absolute atomic E-state index is 13.3. The van der Waals surface area contributed by atoms with Crippen LogP contribution in [0.3, 0.4) is 0 Å². The van der Waals surface area contributed by atoms with Crippen LogP contribution in [0.5, 0.6) is 0 Å². The third kappa shape index (κ3) is 3.37. The molecule has 0 saturated heterocycles. The van der Waals surface area contributed by atoms with Crippen molar-refractivity contribution in [1.82, 2.24) is 9.99 Å². The van der Waals surface area contributed by atoms with Crippen molar-refractivity contribution in [1.29, 1.82) is 0 Å². The Morgan fingerprint density at radius 1 is 1.21 bits per heavy atom. The number of carbonyl (C=O) groups is 1. The van der Waals surface area contributed by atoms with Gasteiger partial charge in [-0.05, 0) is 86.1 Å². The molecular weight excluding hydrogens is 385 g/mol. The van der Waals surface area contributed by atoms with Crippen LogP contribution in [0.2, 0.25) is 0 Å². The lowest BCUT2D eigenvalue weighted by atomic mass is 9.49. The zero-order valence-electron chi connectivity index (χ0n) is 16.4. The summed E-state index contributed by atoms with van der Waals surface area (Å²) >= 11 is 1.47. The Morgan fingerprint density at radius 3 is 2.41 bits per heavy atom. The topological polar surface area (TPSA) is 46.4 Å². The highest BCUT2D eigenvalue weighted by atomic mass is 32.1. The van der Waals surface area contributed by atoms with Crippen LogP contribution in [0.25, 0.3) is 11.3 Å². The first-order valence-electron chi connectivity index (χ1n) is 10.5. The van der Waals surface area contributed by atoms with Gasteiger partial charge < -0.3 is 4.57 Å². The lowest BCUT2D eigenvalue weighted by Gasteiger charge is -2.55. The Bertz CT molecular complexity index is 969.